The first-order valence-corrected chi connectivity index (χ1v) is 13.3. The molecule has 206 valence electrons. The van der Waals surface area contributed by atoms with Crippen molar-refractivity contribution in [2.45, 2.75) is 46.0 Å². The number of ether oxygens (including phenoxy) is 4. The van der Waals surface area contributed by atoms with Crippen LogP contribution in [0.3, 0.4) is 0 Å². The van der Waals surface area contributed by atoms with Crippen LogP contribution in [0.5, 0.6) is 11.5 Å². The van der Waals surface area contributed by atoms with Crippen LogP contribution in [0, 0.1) is 5.92 Å². The quantitative estimate of drug-likeness (QED) is 0.362. The van der Waals surface area contributed by atoms with E-state index in [1.807, 2.05) is 62.4 Å². The number of methoxy groups -OCH3 is 1. The molecule has 8 heteroatoms. The van der Waals surface area contributed by atoms with Gasteiger partial charge in [-0.1, -0.05) is 24.3 Å². The highest BCUT2D eigenvalue weighted by molar-refractivity contribution is 6.13. The van der Waals surface area contributed by atoms with Gasteiger partial charge in [-0.2, -0.15) is 0 Å². The Morgan fingerprint density at radius 1 is 0.872 bits per heavy atom. The number of carbonyl (C=O) groups excluding carboxylic acids is 3. The molecule has 8 nitrogen and oxygen atoms in total. The fourth-order valence-corrected chi connectivity index (χ4v) is 5.44. The lowest BCUT2D eigenvalue weighted by Gasteiger charge is -2.39. The number of rotatable bonds is 9. The lowest BCUT2D eigenvalue weighted by atomic mass is 9.67. The van der Waals surface area contributed by atoms with E-state index in [4.69, 9.17) is 18.9 Å². The molecule has 1 aliphatic carbocycles. The number of benzene rings is 2. The molecule has 0 unspecified atom stereocenters. The Hall–Kier alpha value is -4.07. The van der Waals surface area contributed by atoms with Crippen LogP contribution in [0.4, 0.5) is 0 Å². The third kappa shape index (κ3) is 5.55. The average molecular weight is 534 g/mol. The first-order valence-electron chi connectivity index (χ1n) is 13.3. The Morgan fingerprint density at radius 2 is 1.49 bits per heavy atom. The number of nitrogens with one attached hydrogen (secondary N) is 1. The van der Waals surface area contributed by atoms with Crippen molar-refractivity contribution in [3.63, 3.8) is 0 Å². The van der Waals surface area contributed by atoms with Crippen molar-refractivity contribution >= 4 is 17.7 Å². The minimum Gasteiger partial charge on any atom is -0.497 e. The van der Waals surface area contributed by atoms with Crippen LogP contribution >= 0.6 is 0 Å². The number of carbonyl (C=O) groups is 3. The fraction of sp³-hybridized carbons (Fsp3) is 0.387. The number of allylic oxidation sites excluding steroid dienone is 3. The van der Waals surface area contributed by atoms with E-state index in [0.717, 1.165) is 11.1 Å². The Bertz CT molecular complexity index is 1290. The van der Waals surface area contributed by atoms with E-state index in [2.05, 4.69) is 5.32 Å². The molecule has 1 N–H and O–H groups in total. The Labute approximate surface area is 229 Å². The van der Waals surface area contributed by atoms with Gasteiger partial charge in [-0.25, -0.2) is 4.79 Å². The standard InChI is InChI=1S/C31H35NO7/c1-6-37-22-15-11-20(12-16-22)26-25(30(34)38-7-2)18(4)32-24-17-23(19-9-13-21(36-5)14-10-19)27(29(33)28(24)26)31(35)39-8-3/h9-16,23,26-27,32H,6-8,17H2,1-5H3/t23-,26+,27+/m1/s1. The second-order valence-corrected chi connectivity index (χ2v) is 9.39. The van der Waals surface area contributed by atoms with Crippen LogP contribution in [0.1, 0.15) is 57.1 Å². The Kier molecular flexibility index (Phi) is 8.74. The van der Waals surface area contributed by atoms with Gasteiger partial charge in [0.15, 0.2) is 5.78 Å². The van der Waals surface area contributed by atoms with E-state index < -0.39 is 29.7 Å². The molecule has 0 saturated heterocycles. The third-order valence-corrected chi connectivity index (χ3v) is 7.12. The highest BCUT2D eigenvalue weighted by Gasteiger charge is 2.49. The monoisotopic (exact) mass is 533 g/mol. The Balaban J connectivity index is 1.86. The largest absolute Gasteiger partial charge is 0.497 e. The van der Waals surface area contributed by atoms with E-state index >= 15 is 0 Å². The molecule has 2 aromatic rings. The van der Waals surface area contributed by atoms with Crippen LogP contribution in [0.15, 0.2) is 71.1 Å². The SMILES string of the molecule is CCOC(=O)C1=C(C)NC2=C(C(=O)[C@@H](C(=O)OCC)[C@@H](c3ccc(OC)cc3)C2)[C@H]1c1ccc(OCC)cc1. The maximum absolute atomic E-state index is 14.3. The maximum Gasteiger partial charge on any atom is 0.336 e. The van der Waals surface area contributed by atoms with Crippen molar-refractivity contribution < 1.29 is 33.3 Å². The predicted octanol–water partition coefficient (Wildman–Crippen LogP) is 4.81. The minimum atomic E-state index is -1.06. The molecule has 0 saturated carbocycles. The molecule has 1 heterocycles. The summed E-state index contributed by atoms with van der Waals surface area (Å²) < 4.78 is 21.7. The second-order valence-electron chi connectivity index (χ2n) is 9.39. The van der Waals surface area contributed by atoms with Gasteiger partial charge >= 0.3 is 11.9 Å². The van der Waals surface area contributed by atoms with E-state index in [9.17, 15) is 14.4 Å². The summed E-state index contributed by atoms with van der Waals surface area (Å²) in [4.78, 5) is 40.9. The molecule has 0 spiro atoms. The molecule has 39 heavy (non-hydrogen) atoms. The van der Waals surface area contributed by atoms with Gasteiger partial charge < -0.3 is 24.3 Å². The maximum atomic E-state index is 14.3. The number of hydrogen-bond acceptors (Lipinski definition) is 8. The number of esters is 2. The van der Waals surface area contributed by atoms with E-state index in [1.165, 1.54) is 0 Å². The molecule has 1 aliphatic heterocycles. The molecule has 3 atom stereocenters. The third-order valence-electron chi connectivity index (χ3n) is 7.12. The van der Waals surface area contributed by atoms with Gasteiger partial charge in [-0.3, -0.25) is 9.59 Å². The average Bonchev–Trinajstić information content (AvgIpc) is 2.93. The molecular formula is C31H35NO7. The van der Waals surface area contributed by atoms with Crippen molar-refractivity contribution in [1.29, 1.82) is 0 Å². The topological polar surface area (TPSA) is 100 Å². The summed E-state index contributed by atoms with van der Waals surface area (Å²) in [5, 5.41) is 3.32. The number of Topliss-reactive ketones (excluding diaryl/α,β-unsaturated/α-hetero) is 1. The van der Waals surface area contributed by atoms with Crippen molar-refractivity contribution in [3.05, 3.63) is 82.2 Å². The van der Waals surface area contributed by atoms with Gasteiger partial charge in [-0.05, 0) is 69.5 Å². The first-order chi connectivity index (χ1) is 18.8. The van der Waals surface area contributed by atoms with Gasteiger partial charge in [0.2, 0.25) is 0 Å². The van der Waals surface area contributed by atoms with Gasteiger partial charge in [-0.15, -0.1) is 0 Å². The normalized spacial score (nSPS) is 20.6. The van der Waals surface area contributed by atoms with Crippen molar-refractivity contribution in [1.82, 2.24) is 5.32 Å². The summed E-state index contributed by atoms with van der Waals surface area (Å²) in [5.41, 5.74) is 3.58. The smallest absolute Gasteiger partial charge is 0.336 e. The van der Waals surface area contributed by atoms with Gasteiger partial charge in [0.1, 0.15) is 17.4 Å². The molecular weight excluding hydrogens is 498 g/mol. The molecule has 2 aliphatic rings. The van der Waals surface area contributed by atoms with Gasteiger partial charge in [0, 0.05) is 28.8 Å². The van der Waals surface area contributed by atoms with Crippen LogP contribution in [-0.2, 0) is 23.9 Å². The molecule has 0 fully saturated rings. The molecule has 2 aromatic carbocycles. The summed E-state index contributed by atoms with van der Waals surface area (Å²) in [6.45, 7) is 8.02. The zero-order valence-corrected chi connectivity index (χ0v) is 23.0. The highest BCUT2D eigenvalue weighted by atomic mass is 16.5. The predicted molar refractivity (Wildman–Crippen MR) is 145 cm³/mol. The van der Waals surface area contributed by atoms with Crippen LogP contribution in [-0.4, -0.2) is 44.7 Å². The summed E-state index contributed by atoms with van der Waals surface area (Å²) in [6.07, 6.45) is 0.387. The molecule has 0 amide bonds. The fourth-order valence-electron chi connectivity index (χ4n) is 5.44. The van der Waals surface area contributed by atoms with Gasteiger partial charge in [0.25, 0.3) is 0 Å². The zero-order valence-electron chi connectivity index (χ0n) is 23.0. The lowest BCUT2D eigenvalue weighted by molar-refractivity contribution is -0.152. The van der Waals surface area contributed by atoms with Crippen molar-refractivity contribution in [3.8, 4) is 11.5 Å². The van der Waals surface area contributed by atoms with E-state index in [1.54, 1.807) is 21.0 Å². The molecule has 0 aromatic heterocycles. The molecule has 4 rings (SSSR count). The van der Waals surface area contributed by atoms with Crippen molar-refractivity contribution in [2.24, 2.45) is 5.92 Å². The zero-order chi connectivity index (χ0) is 28.1. The number of ketones is 1. The summed E-state index contributed by atoms with van der Waals surface area (Å²) >= 11 is 0. The minimum absolute atomic E-state index is 0.150. The molecule has 0 radical (unpaired) electrons. The number of dihydropyridines is 1. The molecule has 0 bridgehead atoms. The summed E-state index contributed by atoms with van der Waals surface area (Å²) in [5.74, 6) is -2.32. The second kappa shape index (κ2) is 12.2. The van der Waals surface area contributed by atoms with Gasteiger partial charge in [0.05, 0.1) is 32.5 Å². The summed E-state index contributed by atoms with van der Waals surface area (Å²) in [6, 6.07) is 14.7. The number of hydrogen-bond donors (Lipinski definition) is 1. The van der Waals surface area contributed by atoms with Crippen LogP contribution < -0.4 is 14.8 Å². The van der Waals surface area contributed by atoms with Crippen LogP contribution in [0.25, 0.3) is 0 Å². The van der Waals surface area contributed by atoms with Crippen LogP contribution in [0.2, 0.25) is 0 Å². The summed E-state index contributed by atoms with van der Waals surface area (Å²) in [7, 11) is 1.58. The Morgan fingerprint density at radius 3 is 2.08 bits per heavy atom. The van der Waals surface area contributed by atoms with E-state index in [0.29, 0.717) is 47.1 Å². The van der Waals surface area contributed by atoms with E-state index in [-0.39, 0.29) is 19.0 Å². The van der Waals surface area contributed by atoms with Crippen molar-refractivity contribution in [2.75, 3.05) is 26.9 Å². The lowest BCUT2D eigenvalue weighted by Crippen LogP contribution is -2.43. The highest BCUT2D eigenvalue weighted by Crippen LogP contribution is 2.48. The first kappa shape index (κ1) is 28.0.